The summed E-state index contributed by atoms with van der Waals surface area (Å²) in [7, 11) is 3.96. The van der Waals surface area contributed by atoms with Crippen LogP contribution in [0.1, 0.15) is 17.2 Å². The van der Waals surface area contributed by atoms with Crippen molar-refractivity contribution in [3.63, 3.8) is 0 Å². The molecule has 1 aromatic heterocycles. The van der Waals surface area contributed by atoms with Crippen LogP contribution in [0, 0.1) is 11.8 Å². The van der Waals surface area contributed by atoms with Crippen molar-refractivity contribution in [3.8, 4) is 11.8 Å². The number of aliphatic hydroxyl groups is 1. The average molecular weight is 252 g/mol. The Morgan fingerprint density at radius 1 is 1.05 bits per heavy atom. The van der Waals surface area contributed by atoms with Crippen LogP contribution in [0.5, 0.6) is 0 Å². The number of aliphatic hydroxyl groups excluding tert-OH is 1. The lowest BCUT2D eigenvalue weighted by Crippen LogP contribution is -2.08. The van der Waals surface area contributed by atoms with Gasteiger partial charge in [-0.15, -0.1) is 0 Å². The fourth-order valence-corrected chi connectivity index (χ4v) is 1.63. The summed E-state index contributed by atoms with van der Waals surface area (Å²) in [6, 6.07) is 11.3. The molecule has 1 aromatic carbocycles. The highest BCUT2D eigenvalue weighted by molar-refractivity contribution is 5.47. The van der Waals surface area contributed by atoms with Crippen molar-refractivity contribution in [2.45, 2.75) is 6.10 Å². The number of hydrogen-bond donors (Lipinski definition) is 1. The zero-order chi connectivity index (χ0) is 13.7. The highest BCUT2D eigenvalue weighted by Crippen LogP contribution is 2.17. The summed E-state index contributed by atoms with van der Waals surface area (Å²) in [6.45, 7) is 0. The topological polar surface area (TPSA) is 36.4 Å². The number of hydrogen-bond acceptors (Lipinski definition) is 3. The molecule has 0 spiro atoms. The van der Waals surface area contributed by atoms with E-state index in [0.29, 0.717) is 0 Å². The molecule has 3 heteroatoms. The van der Waals surface area contributed by atoms with Crippen molar-refractivity contribution in [2.24, 2.45) is 0 Å². The van der Waals surface area contributed by atoms with E-state index >= 15 is 0 Å². The van der Waals surface area contributed by atoms with E-state index in [4.69, 9.17) is 0 Å². The summed E-state index contributed by atoms with van der Waals surface area (Å²) >= 11 is 0. The SMILES string of the molecule is CN(C)c1ccc(C(O)C#Cc2ccncc2)cc1. The monoisotopic (exact) mass is 252 g/mol. The van der Waals surface area contributed by atoms with Gasteiger partial charge in [0, 0.05) is 37.7 Å². The molecule has 1 N–H and O–H groups in total. The molecule has 0 aliphatic rings. The molecule has 0 fully saturated rings. The highest BCUT2D eigenvalue weighted by Gasteiger charge is 2.03. The van der Waals surface area contributed by atoms with Crippen LogP contribution >= 0.6 is 0 Å². The molecular formula is C16H16N2O. The molecule has 0 aliphatic heterocycles. The minimum atomic E-state index is -0.774. The highest BCUT2D eigenvalue weighted by atomic mass is 16.3. The molecule has 0 aliphatic carbocycles. The van der Waals surface area contributed by atoms with Crippen molar-refractivity contribution in [1.29, 1.82) is 0 Å². The van der Waals surface area contributed by atoms with Crippen LogP contribution < -0.4 is 4.90 Å². The van der Waals surface area contributed by atoms with Gasteiger partial charge in [-0.25, -0.2) is 0 Å². The van der Waals surface area contributed by atoms with Gasteiger partial charge in [-0.3, -0.25) is 4.98 Å². The largest absolute Gasteiger partial charge is 0.378 e. The van der Waals surface area contributed by atoms with E-state index < -0.39 is 6.10 Å². The molecule has 0 radical (unpaired) electrons. The van der Waals surface area contributed by atoms with Crippen LogP contribution in [0.15, 0.2) is 48.8 Å². The second kappa shape index (κ2) is 6.03. The molecule has 0 saturated carbocycles. The quantitative estimate of drug-likeness (QED) is 0.833. The van der Waals surface area contributed by atoms with Gasteiger partial charge in [0.05, 0.1) is 0 Å². The number of rotatable bonds is 2. The first-order valence-electron chi connectivity index (χ1n) is 6.04. The Labute approximate surface area is 113 Å². The number of pyridine rings is 1. The van der Waals surface area contributed by atoms with Crippen molar-refractivity contribution >= 4 is 5.69 Å². The summed E-state index contributed by atoms with van der Waals surface area (Å²) in [5, 5.41) is 10.0. The number of nitrogens with zero attached hydrogens (tertiary/aromatic N) is 2. The Kier molecular flexibility index (Phi) is 4.17. The van der Waals surface area contributed by atoms with Crippen LogP contribution in [0.3, 0.4) is 0 Å². The van der Waals surface area contributed by atoms with Gasteiger partial charge < -0.3 is 10.0 Å². The van der Waals surface area contributed by atoms with Crippen LogP contribution in [-0.2, 0) is 0 Å². The lowest BCUT2D eigenvalue weighted by atomic mass is 10.1. The Morgan fingerprint density at radius 2 is 1.68 bits per heavy atom. The first-order valence-corrected chi connectivity index (χ1v) is 6.04. The molecule has 96 valence electrons. The van der Waals surface area contributed by atoms with Gasteiger partial charge in [-0.1, -0.05) is 24.0 Å². The minimum Gasteiger partial charge on any atom is -0.378 e. The lowest BCUT2D eigenvalue weighted by molar-refractivity contribution is 0.238. The number of anilines is 1. The first-order chi connectivity index (χ1) is 9.16. The molecule has 2 aromatic rings. The predicted octanol–water partition coefficient (Wildman–Crippen LogP) is 2.23. The molecule has 19 heavy (non-hydrogen) atoms. The Bertz CT molecular complexity index is 580. The normalized spacial score (nSPS) is 11.3. The van der Waals surface area contributed by atoms with E-state index in [9.17, 15) is 5.11 Å². The van der Waals surface area contributed by atoms with E-state index in [0.717, 1.165) is 16.8 Å². The van der Waals surface area contributed by atoms with Crippen LogP contribution in [0.4, 0.5) is 5.69 Å². The average Bonchev–Trinajstić information content (AvgIpc) is 2.46. The van der Waals surface area contributed by atoms with Crippen molar-refractivity contribution in [3.05, 3.63) is 59.9 Å². The van der Waals surface area contributed by atoms with Crippen molar-refractivity contribution in [1.82, 2.24) is 4.98 Å². The number of aromatic nitrogens is 1. The smallest absolute Gasteiger partial charge is 0.140 e. The van der Waals surface area contributed by atoms with Crippen LogP contribution in [0.2, 0.25) is 0 Å². The van der Waals surface area contributed by atoms with Gasteiger partial charge in [-0.2, -0.15) is 0 Å². The van der Waals surface area contributed by atoms with E-state index in [1.165, 1.54) is 0 Å². The molecule has 1 unspecified atom stereocenters. The maximum absolute atomic E-state index is 10.0. The fraction of sp³-hybridized carbons (Fsp3) is 0.188. The molecule has 3 nitrogen and oxygen atoms in total. The van der Waals surface area contributed by atoms with Crippen LogP contribution in [0.25, 0.3) is 0 Å². The van der Waals surface area contributed by atoms with Gasteiger partial charge in [0.1, 0.15) is 6.10 Å². The van der Waals surface area contributed by atoms with E-state index in [1.807, 2.05) is 55.4 Å². The molecule has 0 bridgehead atoms. The van der Waals surface area contributed by atoms with Crippen molar-refractivity contribution in [2.75, 3.05) is 19.0 Å². The molecule has 1 atom stereocenters. The van der Waals surface area contributed by atoms with E-state index in [2.05, 4.69) is 16.8 Å². The third-order valence-electron chi connectivity index (χ3n) is 2.76. The second-order valence-electron chi connectivity index (χ2n) is 4.39. The maximum atomic E-state index is 10.0. The van der Waals surface area contributed by atoms with Gasteiger partial charge >= 0.3 is 0 Å². The molecule has 1 heterocycles. The first kappa shape index (κ1) is 13.1. The molecule has 0 saturated heterocycles. The zero-order valence-electron chi connectivity index (χ0n) is 11.0. The summed E-state index contributed by atoms with van der Waals surface area (Å²) in [4.78, 5) is 5.93. The predicted molar refractivity (Wildman–Crippen MR) is 76.8 cm³/mol. The summed E-state index contributed by atoms with van der Waals surface area (Å²) in [5.41, 5.74) is 2.74. The Balaban J connectivity index is 2.12. The summed E-state index contributed by atoms with van der Waals surface area (Å²) < 4.78 is 0. The van der Waals surface area contributed by atoms with Gasteiger partial charge in [0.25, 0.3) is 0 Å². The fourth-order valence-electron chi connectivity index (χ4n) is 1.63. The van der Waals surface area contributed by atoms with Gasteiger partial charge in [-0.05, 0) is 29.8 Å². The Morgan fingerprint density at radius 3 is 2.26 bits per heavy atom. The minimum absolute atomic E-state index is 0.774. The molecular weight excluding hydrogens is 236 g/mol. The third kappa shape index (κ3) is 3.57. The zero-order valence-corrected chi connectivity index (χ0v) is 11.0. The summed E-state index contributed by atoms with van der Waals surface area (Å²) in [5.74, 6) is 5.76. The maximum Gasteiger partial charge on any atom is 0.140 e. The Hall–Kier alpha value is -2.31. The van der Waals surface area contributed by atoms with Crippen LogP contribution in [-0.4, -0.2) is 24.2 Å². The van der Waals surface area contributed by atoms with Crippen molar-refractivity contribution < 1.29 is 5.11 Å². The van der Waals surface area contributed by atoms with Gasteiger partial charge in [0.2, 0.25) is 0 Å². The summed E-state index contributed by atoms with van der Waals surface area (Å²) in [6.07, 6.45) is 2.59. The van der Waals surface area contributed by atoms with E-state index in [1.54, 1.807) is 12.4 Å². The molecule has 2 rings (SSSR count). The lowest BCUT2D eigenvalue weighted by Gasteiger charge is -2.13. The van der Waals surface area contributed by atoms with E-state index in [-0.39, 0.29) is 0 Å². The third-order valence-corrected chi connectivity index (χ3v) is 2.76. The van der Waals surface area contributed by atoms with Gasteiger partial charge in [0.15, 0.2) is 0 Å². The standard InChI is InChI=1S/C16H16N2O/c1-18(2)15-6-4-14(5-7-15)16(19)8-3-13-9-11-17-12-10-13/h4-7,9-12,16,19H,1-2H3. The number of benzene rings is 1. The second-order valence-corrected chi connectivity index (χ2v) is 4.39. The molecule has 0 amide bonds.